The van der Waals surface area contributed by atoms with Crippen molar-refractivity contribution < 1.29 is 13.2 Å². The highest BCUT2D eigenvalue weighted by Gasteiger charge is 2.17. The Bertz CT molecular complexity index is 858. The minimum absolute atomic E-state index is 0.0847. The molecule has 0 fully saturated rings. The van der Waals surface area contributed by atoms with Crippen LogP contribution in [0.25, 0.3) is 5.69 Å². The Labute approximate surface area is 155 Å². The molecular formula is C19H27N3O3S. The predicted octanol–water partition coefficient (Wildman–Crippen LogP) is 2.50. The average Bonchev–Trinajstić information content (AvgIpc) is 2.93. The lowest BCUT2D eigenvalue weighted by Crippen LogP contribution is -2.32. The van der Waals surface area contributed by atoms with Gasteiger partial charge >= 0.3 is 0 Å². The Morgan fingerprint density at radius 1 is 1.19 bits per heavy atom. The molecule has 2 rings (SSSR count). The molecule has 0 atom stereocenters. The first-order valence-corrected chi connectivity index (χ1v) is 10.4. The van der Waals surface area contributed by atoms with E-state index in [9.17, 15) is 13.2 Å². The molecule has 1 aromatic carbocycles. The summed E-state index contributed by atoms with van der Waals surface area (Å²) in [7, 11) is -1.61. The molecule has 0 bridgehead atoms. The molecule has 2 aromatic rings. The zero-order valence-electron chi connectivity index (χ0n) is 15.8. The first-order chi connectivity index (χ1) is 12.3. The van der Waals surface area contributed by atoms with Gasteiger partial charge in [0.15, 0.2) is 0 Å². The molecule has 142 valence electrons. The van der Waals surface area contributed by atoms with Crippen molar-refractivity contribution in [3.8, 4) is 5.69 Å². The summed E-state index contributed by atoms with van der Waals surface area (Å²) in [6.07, 6.45) is 0.568. The first-order valence-electron chi connectivity index (χ1n) is 8.74. The van der Waals surface area contributed by atoms with Gasteiger partial charge in [-0.15, -0.1) is 0 Å². The van der Waals surface area contributed by atoms with Crippen LogP contribution in [-0.4, -0.2) is 49.1 Å². The number of hydrogen-bond acceptors (Lipinski definition) is 3. The highest BCUT2D eigenvalue weighted by molar-refractivity contribution is 7.89. The van der Waals surface area contributed by atoms with Crippen LogP contribution in [0.15, 0.2) is 36.4 Å². The van der Waals surface area contributed by atoms with Crippen molar-refractivity contribution in [3.63, 3.8) is 0 Å². The molecule has 0 radical (unpaired) electrons. The van der Waals surface area contributed by atoms with Crippen LogP contribution in [0.5, 0.6) is 0 Å². The molecule has 7 heteroatoms. The summed E-state index contributed by atoms with van der Waals surface area (Å²) in [4.78, 5) is 12.5. The van der Waals surface area contributed by atoms with Gasteiger partial charge < -0.3 is 9.88 Å². The van der Waals surface area contributed by atoms with Gasteiger partial charge in [-0.25, -0.2) is 12.7 Å². The second-order valence-electron chi connectivity index (χ2n) is 6.29. The van der Waals surface area contributed by atoms with Gasteiger partial charge in [-0.3, -0.25) is 4.79 Å². The molecule has 1 aromatic heterocycles. The molecule has 0 aliphatic carbocycles. The lowest BCUT2D eigenvalue weighted by Gasteiger charge is -2.15. The van der Waals surface area contributed by atoms with Gasteiger partial charge in [-0.2, -0.15) is 0 Å². The monoisotopic (exact) mass is 377 g/mol. The Morgan fingerprint density at radius 3 is 2.46 bits per heavy atom. The van der Waals surface area contributed by atoms with E-state index in [4.69, 9.17) is 0 Å². The fraction of sp³-hybridized carbons (Fsp3) is 0.421. The topological polar surface area (TPSA) is 71.4 Å². The highest BCUT2D eigenvalue weighted by Crippen LogP contribution is 2.20. The van der Waals surface area contributed by atoms with E-state index in [0.717, 1.165) is 17.1 Å². The van der Waals surface area contributed by atoms with Crippen molar-refractivity contribution in [1.29, 1.82) is 0 Å². The van der Waals surface area contributed by atoms with E-state index >= 15 is 0 Å². The quantitative estimate of drug-likeness (QED) is 0.719. The molecule has 0 aliphatic heterocycles. The molecule has 1 heterocycles. The maximum absolute atomic E-state index is 12.5. The zero-order chi connectivity index (χ0) is 19.3. The van der Waals surface area contributed by atoms with Crippen LogP contribution in [-0.2, 0) is 10.0 Å². The molecule has 1 N–H and O–H groups in total. The standard InChI is InChI=1S/C19H27N3O3S/c1-5-26(24,25)21(4)13-9-12-20-19(23)18-14-15(2)22(16(18)3)17-10-7-6-8-11-17/h6-8,10-11,14H,5,9,12-13H2,1-4H3,(H,20,23). The third-order valence-electron chi connectivity index (χ3n) is 4.47. The van der Waals surface area contributed by atoms with Crippen LogP contribution in [0.3, 0.4) is 0 Å². The van der Waals surface area contributed by atoms with Gasteiger partial charge in [0, 0.05) is 37.2 Å². The van der Waals surface area contributed by atoms with E-state index in [1.54, 1.807) is 14.0 Å². The lowest BCUT2D eigenvalue weighted by molar-refractivity contribution is 0.0952. The molecular weight excluding hydrogens is 350 g/mol. The molecule has 6 nitrogen and oxygen atoms in total. The van der Waals surface area contributed by atoms with E-state index in [1.807, 2.05) is 50.2 Å². The predicted molar refractivity (Wildman–Crippen MR) is 104 cm³/mol. The van der Waals surface area contributed by atoms with Gasteiger partial charge in [-0.1, -0.05) is 18.2 Å². The molecule has 0 aliphatic rings. The second kappa shape index (κ2) is 8.51. The summed E-state index contributed by atoms with van der Waals surface area (Å²) in [6, 6.07) is 11.8. The molecule has 0 saturated heterocycles. The Morgan fingerprint density at radius 2 is 1.85 bits per heavy atom. The van der Waals surface area contributed by atoms with Crippen LogP contribution in [0.2, 0.25) is 0 Å². The summed E-state index contributed by atoms with van der Waals surface area (Å²) >= 11 is 0. The summed E-state index contributed by atoms with van der Waals surface area (Å²) in [5.41, 5.74) is 3.54. The van der Waals surface area contributed by atoms with Crippen molar-refractivity contribution in [2.75, 3.05) is 25.9 Å². The number of hydrogen-bond donors (Lipinski definition) is 1. The normalized spacial score (nSPS) is 11.7. The molecule has 0 unspecified atom stereocenters. The minimum Gasteiger partial charge on any atom is -0.352 e. The SMILES string of the molecule is CCS(=O)(=O)N(C)CCCNC(=O)c1cc(C)n(-c2ccccc2)c1C. The van der Waals surface area contributed by atoms with Crippen molar-refractivity contribution >= 4 is 15.9 Å². The van der Waals surface area contributed by atoms with E-state index < -0.39 is 10.0 Å². The van der Waals surface area contributed by atoms with Crippen LogP contribution in [0.4, 0.5) is 0 Å². The fourth-order valence-electron chi connectivity index (χ4n) is 2.93. The molecule has 0 spiro atoms. The number of aryl methyl sites for hydroxylation is 1. The van der Waals surface area contributed by atoms with Crippen molar-refractivity contribution in [2.45, 2.75) is 27.2 Å². The van der Waals surface area contributed by atoms with Crippen LogP contribution in [0, 0.1) is 13.8 Å². The van der Waals surface area contributed by atoms with Crippen LogP contribution >= 0.6 is 0 Å². The number of rotatable bonds is 8. The van der Waals surface area contributed by atoms with E-state index in [0.29, 0.717) is 25.1 Å². The summed E-state index contributed by atoms with van der Waals surface area (Å²) < 4.78 is 26.8. The van der Waals surface area contributed by atoms with Crippen molar-refractivity contribution in [2.24, 2.45) is 0 Å². The Kier molecular flexibility index (Phi) is 6.61. The highest BCUT2D eigenvalue weighted by atomic mass is 32.2. The minimum atomic E-state index is -3.17. The van der Waals surface area contributed by atoms with Crippen molar-refractivity contribution in [1.82, 2.24) is 14.2 Å². The number of benzene rings is 1. The Balaban J connectivity index is 1.99. The maximum Gasteiger partial charge on any atom is 0.253 e. The number of carbonyl (C=O) groups excluding carboxylic acids is 1. The number of sulfonamides is 1. The lowest BCUT2D eigenvalue weighted by atomic mass is 10.2. The maximum atomic E-state index is 12.5. The van der Waals surface area contributed by atoms with E-state index in [1.165, 1.54) is 4.31 Å². The smallest absolute Gasteiger partial charge is 0.253 e. The number of para-hydroxylation sites is 1. The summed E-state index contributed by atoms with van der Waals surface area (Å²) in [5, 5.41) is 2.88. The number of nitrogens with one attached hydrogen (secondary N) is 1. The van der Waals surface area contributed by atoms with E-state index in [2.05, 4.69) is 9.88 Å². The Hall–Kier alpha value is -2.12. The third kappa shape index (κ3) is 4.53. The first kappa shape index (κ1) is 20.2. The molecule has 1 amide bonds. The second-order valence-corrected chi connectivity index (χ2v) is 8.65. The molecule has 26 heavy (non-hydrogen) atoms. The van der Waals surface area contributed by atoms with Crippen molar-refractivity contribution in [3.05, 3.63) is 53.3 Å². The number of amides is 1. The van der Waals surface area contributed by atoms with Crippen LogP contribution in [0.1, 0.15) is 35.1 Å². The summed E-state index contributed by atoms with van der Waals surface area (Å²) in [5.74, 6) is -0.0530. The molecule has 0 saturated carbocycles. The summed E-state index contributed by atoms with van der Waals surface area (Å²) in [6.45, 7) is 6.34. The average molecular weight is 378 g/mol. The number of nitrogens with zero attached hydrogens (tertiary/aromatic N) is 2. The third-order valence-corrected chi connectivity index (χ3v) is 6.33. The largest absolute Gasteiger partial charge is 0.352 e. The van der Waals surface area contributed by atoms with Gasteiger partial charge in [0.05, 0.1) is 11.3 Å². The number of aromatic nitrogens is 1. The number of carbonyl (C=O) groups is 1. The van der Waals surface area contributed by atoms with Crippen LogP contribution < -0.4 is 5.32 Å². The van der Waals surface area contributed by atoms with Gasteiger partial charge in [0.1, 0.15) is 0 Å². The van der Waals surface area contributed by atoms with Gasteiger partial charge in [0.25, 0.3) is 5.91 Å². The zero-order valence-corrected chi connectivity index (χ0v) is 16.6. The van der Waals surface area contributed by atoms with E-state index in [-0.39, 0.29) is 11.7 Å². The fourth-order valence-corrected chi connectivity index (χ4v) is 3.77. The van der Waals surface area contributed by atoms with Gasteiger partial charge in [-0.05, 0) is 45.4 Å². The van der Waals surface area contributed by atoms with Gasteiger partial charge in [0.2, 0.25) is 10.0 Å².